The van der Waals surface area contributed by atoms with Gasteiger partial charge in [-0.15, -0.1) is 0 Å². The Kier molecular flexibility index (Phi) is 6.39. The summed E-state index contributed by atoms with van der Waals surface area (Å²) in [5.41, 5.74) is 4.15. The third kappa shape index (κ3) is 4.09. The summed E-state index contributed by atoms with van der Waals surface area (Å²) >= 11 is 2.02. The Hall–Kier alpha value is -0.630. The van der Waals surface area contributed by atoms with Gasteiger partial charge in [-0.1, -0.05) is 32.0 Å². The largest absolute Gasteiger partial charge is 0.385 e. The molecule has 0 saturated carbocycles. The molecule has 0 bridgehead atoms. The number of hydrogen-bond donors (Lipinski definition) is 1. The number of nitrogens with one attached hydrogen (secondary N) is 1. The molecular formula is C14H23NS. The van der Waals surface area contributed by atoms with E-state index in [1.807, 2.05) is 11.8 Å². The molecule has 0 atom stereocenters. The van der Waals surface area contributed by atoms with Crippen LogP contribution in [0.5, 0.6) is 0 Å². The van der Waals surface area contributed by atoms with Gasteiger partial charge in [-0.25, -0.2) is 0 Å². The number of benzene rings is 1. The Labute approximate surface area is 104 Å². The van der Waals surface area contributed by atoms with Crippen LogP contribution in [0.3, 0.4) is 0 Å². The molecular weight excluding hydrogens is 214 g/mol. The van der Waals surface area contributed by atoms with E-state index in [0.29, 0.717) is 0 Å². The third-order valence-corrected chi connectivity index (χ3v) is 3.70. The van der Waals surface area contributed by atoms with Crippen LogP contribution in [-0.4, -0.2) is 18.1 Å². The van der Waals surface area contributed by atoms with Crippen LogP contribution in [0.1, 0.15) is 31.4 Å². The van der Waals surface area contributed by atoms with Crippen LogP contribution in [0.4, 0.5) is 5.69 Å². The molecule has 0 aliphatic rings. The molecule has 0 aliphatic heterocycles. The van der Waals surface area contributed by atoms with E-state index in [1.165, 1.54) is 34.7 Å². The lowest BCUT2D eigenvalue weighted by Gasteiger charge is -2.13. The summed E-state index contributed by atoms with van der Waals surface area (Å²) in [6.07, 6.45) is 2.35. The minimum atomic E-state index is 1.09. The molecule has 0 saturated heterocycles. The van der Waals surface area contributed by atoms with Crippen molar-refractivity contribution in [2.75, 3.05) is 23.4 Å². The Balaban J connectivity index is 2.46. The van der Waals surface area contributed by atoms with Crippen LogP contribution in [0.2, 0.25) is 0 Å². The van der Waals surface area contributed by atoms with E-state index >= 15 is 0 Å². The van der Waals surface area contributed by atoms with E-state index in [-0.39, 0.29) is 0 Å². The van der Waals surface area contributed by atoms with Crippen LogP contribution in [0, 0.1) is 6.92 Å². The average Bonchev–Trinajstić information content (AvgIpc) is 2.30. The zero-order chi connectivity index (χ0) is 11.8. The van der Waals surface area contributed by atoms with E-state index in [0.717, 1.165) is 13.0 Å². The van der Waals surface area contributed by atoms with E-state index < -0.39 is 0 Å². The Morgan fingerprint density at radius 1 is 1.25 bits per heavy atom. The summed E-state index contributed by atoms with van der Waals surface area (Å²) < 4.78 is 0. The van der Waals surface area contributed by atoms with Gasteiger partial charge in [-0.3, -0.25) is 0 Å². The third-order valence-electron chi connectivity index (χ3n) is 2.71. The molecule has 0 unspecified atom stereocenters. The molecule has 16 heavy (non-hydrogen) atoms. The second-order valence-electron chi connectivity index (χ2n) is 3.94. The van der Waals surface area contributed by atoms with Crippen LogP contribution >= 0.6 is 11.8 Å². The number of thioether (sulfide) groups is 1. The predicted molar refractivity (Wildman–Crippen MR) is 76.7 cm³/mol. The van der Waals surface area contributed by atoms with E-state index in [4.69, 9.17) is 0 Å². The number of para-hydroxylation sites is 1. The minimum Gasteiger partial charge on any atom is -0.385 e. The van der Waals surface area contributed by atoms with Gasteiger partial charge < -0.3 is 5.32 Å². The van der Waals surface area contributed by atoms with Crippen LogP contribution < -0.4 is 5.32 Å². The molecule has 0 spiro atoms. The van der Waals surface area contributed by atoms with Gasteiger partial charge in [0.05, 0.1) is 0 Å². The summed E-state index contributed by atoms with van der Waals surface area (Å²) in [4.78, 5) is 0. The molecule has 0 fully saturated rings. The normalized spacial score (nSPS) is 10.4. The quantitative estimate of drug-likeness (QED) is 0.716. The lowest BCUT2D eigenvalue weighted by atomic mass is 10.1. The van der Waals surface area contributed by atoms with Gasteiger partial charge in [0, 0.05) is 12.2 Å². The summed E-state index contributed by atoms with van der Waals surface area (Å²) in [7, 11) is 0. The second-order valence-corrected chi connectivity index (χ2v) is 5.33. The van der Waals surface area contributed by atoms with E-state index in [2.05, 4.69) is 44.3 Å². The Morgan fingerprint density at radius 3 is 2.75 bits per heavy atom. The highest BCUT2D eigenvalue weighted by Gasteiger charge is 2.02. The SMILES string of the molecule is CCSCCCNc1c(C)cccc1CC. The van der Waals surface area contributed by atoms with Gasteiger partial charge in [-0.2, -0.15) is 11.8 Å². The van der Waals surface area contributed by atoms with Crippen molar-refractivity contribution in [3.8, 4) is 0 Å². The molecule has 0 heterocycles. The molecule has 0 amide bonds. The van der Waals surface area contributed by atoms with Gasteiger partial charge in [-0.05, 0) is 42.4 Å². The maximum atomic E-state index is 3.58. The molecule has 1 rings (SSSR count). The highest BCUT2D eigenvalue weighted by Crippen LogP contribution is 2.20. The average molecular weight is 237 g/mol. The monoisotopic (exact) mass is 237 g/mol. The van der Waals surface area contributed by atoms with Crippen molar-refractivity contribution >= 4 is 17.4 Å². The maximum Gasteiger partial charge on any atom is 0.0402 e. The zero-order valence-electron chi connectivity index (χ0n) is 10.7. The molecule has 0 radical (unpaired) electrons. The topological polar surface area (TPSA) is 12.0 Å². The van der Waals surface area contributed by atoms with E-state index in [9.17, 15) is 0 Å². The lowest BCUT2D eigenvalue weighted by Crippen LogP contribution is -2.06. The first kappa shape index (κ1) is 13.4. The number of aryl methyl sites for hydroxylation is 2. The zero-order valence-corrected chi connectivity index (χ0v) is 11.5. The van der Waals surface area contributed by atoms with Crippen LogP contribution in [0.25, 0.3) is 0 Å². The molecule has 2 heteroatoms. The number of rotatable bonds is 7. The molecule has 0 aromatic heterocycles. The molecule has 1 N–H and O–H groups in total. The predicted octanol–water partition coefficient (Wildman–Crippen LogP) is 4.11. The Morgan fingerprint density at radius 2 is 2.06 bits per heavy atom. The number of hydrogen-bond acceptors (Lipinski definition) is 2. The van der Waals surface area contributed by atoms with E-state index in [1.54, 1.807) is 0 Å². The smallest absolute Gasteiger partial charge is 0.0402 e. The second kappa shape index (κ2) is 7.61. The van der Waals surface area contributed by atoms with Gasteiger partial charge in [0.1, 0.15) is 0 Å². The maximum absolute atomic E-state index is 3.58. The lowest BCUT2D eigenvalue weighted by molar-refractivity contribution is 0.980. The molecule has 0 aliphatic carbocycles. The fourth-order valence-electron chi connectivity index (χ4n) is 1.81. The molecule has 1 aromatic carbocycles. The molecule has 1 aromatic rings. The first-order valence-electron chi connectivity index (χ1n) is 6.19. The highest BCUT2D eigenvalue weighted by atomic mass is 32.2. The Bertz CT molecular complexity index is 310. The molecule has 1 nitrogen and oxygen atoms in total. The van der Waals surface area contributed by atoms with Gasteiger partial charge in [0.15, 0.2) is 0 Å². The van der Waals surface area contributed by atoms with Crippen molar-refractivity contribution in [1.29, 1.82) is 0 Å². The summed E-state index contributed by atoms with van der Waals surface area (Å²) in [5, 5.41) is 3.58. The standard InChI is InChI=1S/C14H23NS/c1-4-13-9-6-8-12(3)14(13)15-10-7-11-16-5-2/h6,8-9,15H,4-5,7,10-11H2,1-3H3. The number of anilines is 1. The van der Waals surface area contributed by atoms with Crippen molar-refractivity contribution < 1.29 is 0 Å². The van der Waals surface area contributed by atoms with Crippen molar-refractivity contribution in [2.45, 2.75) is 33.6 Å². The van der Waals surface area contributed by atoms with Gasteiger partial charge in [0.2, 0.25) is 0 Å². The van der Waals surface area contributed by atoms with Crippen LogP contribution in [0.15, 0.2) is 18.2 Å². The molecule has 90 valence electrons. The first-order valence-corrected chi connectivity index (χ1v) is 7.35. The van der Waals surface area contributed by atoms with Crippen molar-refractivity contribution in [3.05, 3.63) is 29.3 Å². The summed E-state index contributed by atoms with van der Waals surface area (Å²) in [6, 6.07) is 6.55. The van der Waals surface area contributed by atoms with Crippen molar-refractivity contribution in [1.82, 2.24) is 0 Å². The fraction of sp³-hybridized carbons (Fsp3) is 0.571. The first-order chi connectivity index (χ1) is 7.79. The summed E-state index contributed by atoms with van der Waals surface area (Å²) in [5.74, 6) is 2.49. The van der Waals surface area contributed by atoms with Crippen LogP contribution in [-0.2, 0) is 6.42 Å². The van der Waals surface area contributed by atoms with Gasteiger partial charge in [0.25, 0.3) is 0 Å². The minimum absolute atomic E-state index is 1.09. The van der Waals surface area contributed by atoms with Crippen molar-refractivity contribution in [2.24, 2.45) is 0 Å². The van der Waals surface area contributed by atoms with Gasteiger partial charge >= 0.3 is 0 Å². The fourth-order valence-corrected chi connectivity index (χ4v) is 2.45. The summed E-state index contributed by atoms with van der Waals surface area (Å²) in [6.45, 7) is 7.70. The van der Waals surface area contributed by atoms with Crippen molar-refractivity contribution in [3.63, 3.8) is 0 Å². The highest BCUT2D eigenvalue weighted by molar-refractivity contribution is 7.99.